The van der Waals surface area contributed by atoms with E-state index in [1.165, 1.54) is 101 Å². The summed E-state index contributed by atoms with van der Waals surface area (Å²) in [6, 6.07) is 18.6. The molecule has 4 nitrogen and oxygen atoms in total. The van der Waals surface area contributed by atoms with Gasteiger partial charge in [0.25, 0.3) is 0 Å². The van der Waals surface area contributed by atoms with Crippen LogP contribution < -0.4 is 19.6 Å². The second-order valence-electron chi connectivity index (χ2n) is 14.0. The SMILES string of the molecule is Cc1cc(C)c(N2C=CN(c3c(C)cc(C)cc3C)C2=C2N(c3c(C)cc(C)cc3C)CCN2c2c(C)cc(C)cc2C)c(C)c1. The highest BCUT2D eigenvalue weighted by molar-refractivity contribution is 5.82. The van der Waals surface area contributed by atoms with Crippen molar-refractivity contribution in [1.29, 1.82) is 0 Å². The first-order valence-electron chi connectivity index (χ1n) is 16.6. The van der Waals surface area contributed by atoms with E-state index in [9.17, 15) is 0 Å². The highest BCUT2D eigenvalue weighted by Gasteiger charge is 2.40. The van der Waals surface area contributed by atoms with Gasteiger partial charge in [0.05, 0.1) is 11.4 Å². The van der Waals surface area contributed by atoms with Crippen molar-refractivity contribution in [3.8, 4) is 0 Å². The molecule has 0 unspecified atom stereocenters. The molecule has 2 aliphatic heterocycles. The Morgan fingerprint density at radius 2 is 0.565 bits per heavy atom. The van der Waals surface area contributed by atoms with Gasteiger partial charge < -0.3 is 9.80 Å². The van der Waals surface area contributed by atoms with Crippen LogP contribution >= 0.6 is 0 Å². The maximum Gasteiger partial charge on any atom is 0.164 e. The molecular formula is C42H50N4. The predicted octanol–water partition coefficient (Wildman–Crippen LogP) is 10.3. The van der Waals surface area contributed by atoms with Gasteiger partial charge in [0.15, 0.2) is 11.6 Å². The van der Waals surface area contributed by atoms with Gasteiger partial charge in [0, 0.05) is 36.9 Å². The molecule has 4 aromatic rings. The van der Waals surface area contributed by atoms with Crippen LogP contribution in [0.1, 0.15) is 66.8 Å². The van der Waals surface area contributed by atoms with E-state index < -0.39 is 0 Å². The third-order valence-corrected chi connectivity index (χ3v) is 9.64. The first-order chi connectivity index (χ1) is 21.8. The van der Waals surface area contributed by atoms with Crippen molar-refractivity contribution in [2.24, 2.45) is 0 Å². The molecule has 0 aliphatic carbocycles. The van der Waals surface area contributed by atoms with Gasteiger partial charge in [0.1, 0.15) is 0 Å². The van der Waals surface area contributed by atoms with Gasteiger partial charge in [-0.3, -0.25) is 9.80 Å². The molecule has 46 heavy (non-hydrogen) atoms. The van der Waals surface area contributed by atoms with Crippen molar-refractivity contribution in [2.75, 3.05) is 32.7 Å². The van der Waals surface area contributed by atoms with E-state index in [1.54, 1.807) is 0 Å². The fourth-order valence-electron chi connectivity index (χ4n) is 8.50. The minimum atomic E-state index is 0.899. The zero-order chi connectivity index (χ0) is 33.2. The summed E-state index contributed by atoms with van der Waals surface area (Å²) < 4.78 is 0. The minimum Gasteiger partial charge on any atom is -0.322 e. The quantitative estimate of drug-likeness (QED) is 0.228. The largest absolute Gasteiger partial charge is 0.322 e. The van der Waals surface area contributed by atoms with E-state index >= 15 is 0 Å². The molecule has 0 amide bonds. The van der Waals surface area contributed by atoms with Gasteiger partial charge in [-0.2, -0.15) is 0 Å². The molecule has 0 spiro atoms. The number of aryl methyl sites for hydroxylation is 12. The standard InChI is InChI=1S/C42H50N4/c1-25-17-29(5)37(30(6)18-25)43-13-14-44(38-31(7)19-26(2)20-32(38)8)41(43)42-45(39-33(9)21-27(3)22-34(39)10)15-16-46(42)40-35(11)23-28(4)24-36(40)12/h13-14,17-24H,15-16H2,1-12H3. The second-order valence-corrected chi connectivity index (χ2v) is 14.0. The Labute approximate surface area is 277 Å². The molecule has 0 atom stereocenters. The number of rotatable bonds is 4. The van der Waals surface area contributed by atoms with E-state index in [1.807, 2.05) is 0 Å². The van der Waals surface area contributed by atoms with Gasteiger partial charge in [-0.05, 0) is 128 Å². The molecule has 0 radical (unpaired) electrons. The average Bonchev–Trinajstić information content (AvgIpc) is 3.51. The highest BCUT2D eigenvalue weighted by Crippen LogP contribution is 2.46. The van der Waals surface area contributed by atoms with Crippen LogP contribution in [0.15, 0.2) is 72.6 Å². The zero-order valence-electron chi connectivity index (χ0n) is 30.0. The number of nitrogens with zero attached hydrogens (tertiary/aromatic N) is 4. The monoisotopic (exact) mass is 610 g/mol. The molecule has 238 valence electrons. The molecule has 0 aromatic heterocycles. The van der Waals surface area contributed by atoms with Crippen LogP contribution in [-0.4, -0.2) is 13.1 Å². The van der Waals surface area contributed by atoms with Gasteiger partial charge in [-0.1, -0.05) is 70.8 Å². The fraction of sp³-hybridized carbons (Fsp3) is 0.333. The minimum absolute atomic E-state index is 0.899. The fourth-order valence-corrected chi connectivity index (χ4v) is 8.50. The Bertz CT molecular complexity index is 1710. The average molecular weight is 611 g/mol. The third kappa shape index (κ3) is 5.28. The smallest absolute Gasteiger partial charge is 0.164 e. The van der Waals surface area contributed by atoms with Crippen molar-refractivity contribution in [2.45, 2.75) is 83.1 Å². The van der Waals surface area contributed by atoms with E-state index in [0.29, 0.717) is 0 Å². The normalized spacial score (nSPS) is 14.9. The molecule has 0 bridgehead atoms. The lowest BCUT2D eigenvalue weighted by Crippen LogP contribution is -2.36. The summed E-state index contributed by atoms with van der Waals surface area (Å²) in [7, 11) is 0. The van der Waals surface area contributed by atoms with Crippen LogP contribution in [0.5, 0.6) is 0 Å². The van der Waals surface area contributed by atoms with E-state index in [2.05, 4.69) is 164 Å². The molecule has 4 aromatic carbocycles. The molecule has 1 saturated heterocycles. The van der Waals surface area contributed by atoms with Crippen LogP contribution in [0.3, 0.4) is 0 Å². The molecule has 4 heteroatoms. The van der Waals surface area contributed by atoms with E-state index in [0.717, 1.165) is 13.1 Å². The zero-order valence-corrected chi connectivity index (χ0v) is 30.0. The third-order valence-electron chi connectivity index (χ3n) is 9.64. The summed E-state index contributed by atoms with van der Waals surface area (Å²) in [5, 5.41) is 0. The number of hydrogen-bond acceptors (Lipinski definition) is 4. The Balaban J connectivity index is 1.74. The van der Waals surface area contributed by atoms with Gasteiger partial charge >= 0.3 is 0 Å². The van der Waals surface area contributed by atoms with Crippen molar-refractivity contribution in [1.82, 2.24) is 0 Å². The second kappa shape index (κ2) is 11.7. The summed E-state index contributed by atoms with van der Waals surface area (Å²) in [6.07, 6.45) is 4.56. The van der Waals surface area contributed by atoms with E-state index in [4.69, 9.17) is 0 Å². The Kier molecular flexibility index (Phi) is 8.04. The van der Waals surface area contributed by atoms with Crippen molar-refractivity contribution in [3.63, 3.8) is 0 Å². The van der Waals surface area contributed by atoms with Crippen LogP contribution in [0.4, 0.5) is 22.7 Å². The van der Waals surface area contributed by atoms with Crippen LogP contribution in [-0.2, 0) is 0 Å². The van der Waals surface area contributed by atoms with Crippen LogP contribution in [0.2, 0.25) is 0 Å². The summed E-state index contributed by atoms with van der Waals surface area (Å²) in [5.74, 6) is 2.38. The maximum absolute atomic E-state index is 2.60. The molecule has 6 rings (SSSR count). The van der Waals surface area contributed by atoms with Crippen molar-refractivity contribution in [3.05, 3.63) is 139 Å². The molecule has 0 saturated carbocycles. The Morgan fingerprint density at radius 3 is 0.826 bits per heavy atom. The van der Waals surface area contributed by atoms with Crippen LogP contribution in [0, 0.1) is 83.1 Å². The predicted molar refractivity (Wildman–Crippen MR) is 198 cm³/mol. The van der Waals surface area contributed by atoms with Gasteiger partial charge in [-0.25, -0.2) is 0 Å². The van der Waals surface area contributed by atoms with Crippen molar-refractivity contribution < 1.29 is 0 Å². The molecular weight excluding hydrogens is 560 g/mol. The van der Waals surface area contributed by atoms with Crippen LogP contribution in [0.25, 0.3) is 0 Å². The summed E-state index contributed by atoms with van der Waals surface area (Å²) in [5.41, 5.74) is 20.6. The summed E-state index contributed by atoms with van der Waals surface area (Å²) >= 11 is 0. The summed E-state index contributed by atoms with van der Waals surface area (Å²) in [6.45, 7) is 28.7. The molecule has 2 heterocycles. The lowest BCUT2D eigenvalue weighted by molar-refractivity contribution is 0.956. The first kappa shape index (κ1) is 31.5. The van der Waals surface area contributed by atoms with Gasteiger partial charge in [-0.15, -0.1) is 0 Å². The van der Waals surface area contributed by atoms with E-state index in [-0.39, 0.29) is 0 Å². The molecule has 2 aliphatic rings. The van der Waals surface area contributed by atoms with Gasteiger partial charge in [0.2, 0.25) is 0 Å². The lowest BCUT2D eigenvalue weighted by atomic mass is 10.0. The molecule has 1 fully saturated rings. The number of anilines is 4. The molecule has 0 N–H and O–H groups in total. The van der Waals surface area contributed by atoms with Crippen molar-refractivity contribution >= 4 is 22.7 Å². The Morgan fingerprint density at radius 1 is 0.326 bits per heavy atom. The topological polar surface area (TPSA) is 13.0 Å². The maximum atomic E-state index is 2.60. The Hall–Kier alpha value is -4.44. The first-order valence-corrected chi connectivity index (χ1v) is 16.6. The number of hydrogen-bond donors (Lipinski definition) is 0. The highest BCUT2D eigenvalue weighted by atomic mass is 15.5. The number of benzene rings is 4. The lowest BCUT2D eigenvalue weighted by Gasteiger charge is -2.37. The summed E-state index contributed by atoms with van der Waals surface area (Å²) in [4.78, 5) is 10.1.